The first kappa shape index (κ1) is 14.2. The number of methoxy groups -OCH3 is 1. The zero-order valence-corrected chi connectivity index (χ0v) is 11.7. The Morgan fingerprint density at radius 3 is 2.74 bits per heavy atom. The monoisotopic (exact) mass is 288 g/mol. The van der Waals surface area contributed by atoms with E-state index in [4.69, 9.17) is 10.5 Å². The summed E-state index contributed by atoms with van der Waals surface area (Å²) in [6, 6.07) is 2.33. The van der Waals surface area contributed by atoms with E-state index in [-0.39, 0.29) is 23.2 Å². The Hall–Kier alpha value is -1.18. The summed E-state index contributed by atoms with van der Waals surface area (Å²) < 4.78 is 44.9. The predicted molar refractivity (Wildman–Crippen MR) is 69.7 cm³/mol. The van der Waals surface area contributed by atoms with Gasteiger partial charge in [0.1, 0.15) is 10.7 Å². The molecular formula is C12H17FN2O3S. The minimum absolute atomic E-state index is 0.138. The van der Waals surface area contributed by atoms with E-state index in [1.807, 2.05) is 0 Å². The van der Waals surface area contributed by atoms with E-state index in [0.29, 0.717) is 18.5 Å². The van der Waals surface area contributed by atoms with E-state index in [2.05, 4.69) is 0 Å². The predicted octanol–water partition coefficient (Wildman–Crippen LogP) is 1.13. The number of aryl methyl sites for hydroxylation is 1. The number of halogens is 1. The second-order valence-electron chi connectivity index (χ2n) is 4.65. The molecule has 1 atom stereocenters. The van der Waals surface area contributed by atoms with Crippen molar-refractivity contribution in [3.05, 3.63) is 23.5 Å². The van der Waals surface area contributed by atoms with Crippen molar-refractivity contribution in [1.82, 2.24) is 4.31 Å². The number of anilines is 1. The summed E-state index contributed by atoms with van der Waals surface area (Å²) in [5, 5.41) is 0. The minimum atomic E-state index is -3.85. The number of hydrogen-bond donors (Lipinski definition) is 1. The number of sulfonamides is 1. The lowest BCUT2D eigenvalue weighted by molar-refractivity contribution is 0.115. The molecule has 0 radical (unpaired) electrons. The zero-order chi connectivity index (χ0) is 14.2. The zero-order valence-electron chi connectivity index (χ0n) is 10.9. The van der Waals surface area contributed by atoms with Crippen LogP contribution in [0, 0.1) is 12.7 Å². The Morgan fingerprint density at radius 2 is 2.16 bits per heavy atom. The lowest BCUT2D eigenvalue weighted by atomic mass is 10.2. The highest BCUT2D eigenvalue weighted by Crippen LogP contribution is 2.27. The van der Waals surface area contributed by atoms with E-state index in [9.17, 15) is 12.8 Å². The number of nitrogen functional groups attached to an aromatic ring is 1. The summed E-state index contributed by atoms with van der Waals surface area (Å²) in [5.41, 5.74) is 6.45. The summed E-state index contributed by atoms with van der Waals surface area (Å²) in [6.45, 7) is 2.20. The van der Waals surface area contributed by atoms with Gasteiger partial charge in [-0.05, 0) is 31.0 Å². The molecule has 0 aromatic heterocycles. The third-order valence-electron chi connectivity index (χ3n) is 3.38. The first-order valence-corrected chi connectivity index (χ1v) is 7.39. The van der Waals surface area contributed by atoms with Crippen LogP contribution in [0.4, 0.5) is 10.1 Å². The van der Waals surface area contributed by atoms with Crippen LogP contribution in [0.3, 0.4) is 0 Å². The molecule has 1 aromatic carbocycles. The van der Waals surface area contributed by atoms with E-state index < -0.39 is 15.8 Å². The third kappa shape index (κ3) is 2.58. The first-order valence-electron chi connectivity index (χ1n) is 5.95. The first-order chi connectivity index (χ1) is 8.86. The van der Waals surface area contributed by atoms with Crippen LogP contribution in [-0.4, -0.2) is 39.0 Å². The van der Waals surface area contributed by atoms with Crippen molar-refractivity contribution < 1.29 is 17.5 Å². The Bertz CT molecular complexity index is 589. The van der Waals surface area contributed by atoms with E-state index in [0.717, 1.165) is 6.07 Å². The van der Waals surface area contributed by atoms with Crippen LogP contribution in [0.5, 0.6) is 0 Å². The molecule has 1 unspecified atom stereocenters. The van der Waals surface area contributed by atoms with Gasteiger partial charge in [0, 0.05) is 25.9 Å². The van der Waals surface area contributed by atoms with Gasteiger partial charge in [-0.2, -0.15) is 4.31 Å². The number of nitrogens with two attached hydrogens (primary N) is 1. The van der Waals surface area contributed by atoms with Crippen molar-refractivity contribution in [1.29, 1.82) is 0 Å². The smallest absolute Gasteiger partial charge is 0.246 e. The number of ether oxygens (including phenoxy) is 1. The highest BCUT2D eigenvalue weighted by atomic mass is 32.2. The minimum Gasteiger partial charge on any atom is -0.398 e. The molecule has 1 heterocycles. The van der Waals surface area contributed by atoms with Gasteiger partial charge < -0.3 is 10.5 Å². The molecule has 2 rings (SSSR count). The van der Waals surface area contributed by atoms with Crippen molar-refractivity contribution in [2.24, 2.45) is 0 Å². The average molecular weight is 288 g/mol. The summed E-state index contributed by atoms with van der Waals surface area (Å²) in [6.07, 6.45) is 0.472. The van der Waals surface area contributed by atoms with Gasteiger partial charge in [-0.25, -0.2) is 12.8 Å². The van der Waals surface area contributed by atoms with Gasteiger partial charge in [0.15, 0.2) is 0 Å². The molecule has 0 aliphatic carbocycles. The highest BCUT2D eigenvalue weighted by Gasteiger charge is 2.34. The van der Waals surface area contributed by atoms with Crippen molar-refractivity contribution in [2.75, 3.05) is 25.9 Å². The summed E-state index contributed by atoms with van der Waals surface area (Å²) in [7, 11) is -2.32. The Morgan fingerprint density at radius 1 is 1.47 bits per heavy atom. The number of benzene rings is 1. The Labute approximate surface area is 112 Å². The SMILES string of the molecule is COC1CCN(S(=O)(=O)c2cc(N)c(C)cc2F)C1. The van der Waals surface area contributed by atoms with Gasteiger partial charge in [0.2, 0.25) is 10.0 Å². The fourth-order valence-corrected chi connectivity index (χ4v) is 3.68. The summed E-state index contributed by atoms with van der Waals surface area (Å²) in [4.78, 5) is -0.368. The fourth-order valence-electron chi connectivity index (χ4n) is 2.11. The maximum absolute atomic E-state index is 13.9. The molecular weight excluding hydrogens is 271 g/mol. The maximum atomic E-state index is 13.9. The van der Waals surface area contributed by atoms with Crippen molar-refractivity contribution >= 4 is 15.7 Å². The van der Waals surface area contributed by atoms with E-state index in [1.165, 1.54) is 17.5 Å². The van der Waals surface area contributed by atoms with Crippen LogP contribution in [0.1, 0.15) is 12.0 Å². The molecule has 2 N–H and O–H groups in total. The molecule has 0 bridgehead atoms. The van der Waals surface area contributed by atoms with Crippen molar-refractivity contribution in [3.8, 4) is 0 Å². The quantitative estimate of drug-likeness (QED) is 0.846. The van der Waals surface area contributed by atoms with Crippen LogP contribution >= 0.6 is 0 Å². The van der Waals surface area contributed by atoms with Gasteiger partial charge in [-0.15, -0.1) is 0 Å². The molecule has 1 aromatic rings. The molecule has 0 saturated carbocycles. The molecule has 19 heavy (non-hydrogen) atoms. The van der Waals surface area contributed by atoms with Gasteiger partial charge in [-0.1, -0.05) is 0 Å². The van der Waals surface area contributed by atoms with Crippen LogP contribution in [0.25, 0.3) is 0 Å². The van der Waals surface area contributed by atoms with Gasteiger partial charge in [0.05, 0.1) is 6.10 Å². The second kappa shape index (κ2) is 5.07. The van der Waals surface area contributed by atoms with E-state index in [1.54, 1.807) is 6.92 Å². The lowest BCUT2D eigenvalue weighted by Gasteiger charge is -2.17. The van der Waals surface area contributed by atoms with Crippen molar-refractivity contribution in [3.63, 3.8) is 0 Å². The molecule has 1 fully saturated rings. The van der Waals surface area contributed by atoms with E-state index >= 15 is 0 Å². The fraction of sp³-hybridized carbons (Fsp3) is 0.500. The largest absolute Gasteiger partial charge is 0.398 e. The van der Waals surface area contributed by atoms with Crippen molar-refractivity contribution in [2.45, 2.75) is 24.3 Å². The van der Waals surface area contributed by atoms with Gasteiger partial charge >= 0.3 is 0 Å². The molecule has 0 spiro atoms. The molecule has 1 aliphatic heterocycles. The highest BCUT2D eigenvalue weighted by molar-refractivity contribution is 7.89. The third-order valence-corrected chi connectivity index (χ3v) is 5.26. The number of nitrogens with zero attached hydrogens (tertiary/aromatic N) is 1. The molecule has 1 saturated heterocycles. The van der Waals surface area contributed by atoms with Gasteiger partial charge in [-0.3, -0.25) is 0 Å². The molecule has 1 aliphatic rings. The Kier molecular flexibility index (Phi) is 3.80. The standard InChI is InChI=1S/C12H17FN2O3S/c1-8-5-10(13)12(6-11(8)14)19(16,17)15-4-3-9(7-15)18-2/h5-6,9H,3-4,7,14H2,1-2H3. The normalized spacial score (nSPS) is 20.9. The lowest BCUT2D eigenvalue weighted by Crippen LogP contribution is -2.30. The van der Waals surface area contributed by atoms with Crippen LogP contribution in [-0.2, 0) is 14.8 Å². The topological polar surface area (TPSA) is 72.6 Å². The maximum Gasteiger partial charge on any atom is 0.246 e. The Balaban J connectivity index is 2.38. The number of hydrogen-bond acceptors (Lipinski definition) is 4. The summed E-state index contributed by atoms with van der Waals surface area (Å²) >= 11 is 0. The molecule has 0 amide bonds. The average Bonchev–Trinajstić information content (AvgIpc) is 2.83. The molecule has 7 heteroatoms. The second-order valence-corrected chi connectivity index (χ2v) is 6.56. The summed E-state index contributed by atoms with van der Waals surface area (Å²) in [5.74, 6) is -0.771. The number of rotatable bonds is 3. The van der Waals surface area contributed by atoms with Gasteiger partial charge in [0.25, 0.3) is 0 Å². The molecule has 106 valence electrons. The molecule has 5 nitrogen and oxygen atoms in total. The van der Waals surface area contributed by atoms with Crippen LogP contribution in [0.2, 0.25) is 0 Å². The van der Waals surface area contributed by atoms with Crippen LogP contribution in [0.15, 0.2) is 17.0 Å². The van der Waals surface area contributed by atoms with Crippen LogP contribution < -0.4 is 5.73 Å².